The van der Waals surface area contributed by atoms with Crippen molar-refractivity contribution in [3.8, 4) is 11.5 Å². The van der Waals surface area contributed by atoms with Crippen LogP contribution in [0.4, 0.5) is 5.69 Å². The molecule has 2 aliphatic rings. The molecule has 3 unspecified atom stereocenters. The number of hydrogen-bond acceptors (Lipinski definition) is 3. The average Bonchev–Trinajstić information content (AvgIpc) is 3.14. The Kier molecular flexibility index (Phi) is 8.65. The van der Waals surface area contributed by atoms with Gasteiger partial charge in [-0.3, -0.25) is 0 Å². The Balaban J connectivity index is 1.67. The van der Waals surface area contributed by atoms with Crippen LogP contribution in [0.1, 0.15) is 147 Å². The number of phenols is 2. The Morgan fingerprint density at radius 3 is 2.05 bits per heavy atom. The molecule has 2 aliphatic carbocycles. The highest BCUT2D eigenvalue weighted by Crippen LogP contribution is 2.59. The van der Waals surface area contributed by atoms with E-state index >= 15 is 0 Å². The maximum Gasteiger partial charge on any atom is 0.122 e. The first-order valence-corrected chi connectivity index (χ1v) is 16.3. The van der Waals surface area contributed by atoms with Gasteiger partial charge in [0, 0.05) is 30.9 Å². The molecule has 0 saturated heterocycles. The standard InChI is InChI=1S/C38H59NO2/c1-13-38(33-18-28(36(5,6)7)17-30(23(2)3)34(33)40)21-25-15-26(27(16-25)22-38)14-24(4)31-19-29(39(11)12)20-32(35(31)41)37(8,9)10/h17-20,23-27,40-41H,13-16,21-22H2,1-12H3/t24?,25-,26?,27-,38?/m1/s1. The van der Waals surface area contributed by atoms with E-state index < -0.39 is 0 Å². The number of aromatic hydroxyl groups is 2. The molecule has 2 bridgehead atoms. The molecule has 5 atom stereocenters. The smallest absolute Gasteiger partial charge is 0.122 e. The summed E-state index contributed by atoms with van der Waals surface area (Å²) in [7, 11) is 4.18. The van der Waals surface area contributed by atoms with Crippen LogP contribution in [0, 0.1) is 17.8 Å². The maximum atomic E-state index is 11.7. The van der Waals surface area contributed by atoms with Gasteiger partial charge in [-0.1, -0.05) is 81.4 Å². The molecule has 0 aromatic heterocycles. The van der Waals surface area contributed by atoms with Crippen molar-refractivity contribution in [2.75, 3.05) is 19.0 Å². The fourth-order valence-electron chi connectivity index (χ4n) is 8.24. The van der Waals surface area contributed by atoms with Gasteiger partial charge in [-0.2, -0.15) is 0 Å². The van der Waals surface area contributed by atoms with Crippen LogP contribution in [0.2, 0.25) is 0 Å². The molecule has 2 saturated carbocycles. The van der Waals surface area contributed by atoms with Gasteiger partial charge in [-0.15, -0.1) is 0 Å². The largest absolute Gasteiger partial charge is 0.507 e. The molecule has 3 heteroatoms. The number of benzene rings is 2. The second-order valence-corrected chi connectivity index (χ2v) is 16.5. The van der Waals surface area contributed by atoms with E-state index in [9.17, 15) is 10.2 Å². The normalized spacial score (nSPS) is 25.5. The molecule has 41 heavy (non-hydrogen) atoms. The molecule has 4 rings (SSSR count). The summed E-state index contributed by atoms with van der Waals surface area (Å²) in [5, 5.41) is 23.2. The molecule has 0 amide bonds. The van der Waals surface area contributed by atoms with Gasteiger partial charge in [0.25, 0.3) is 0 Å². The Hall–Kier alpha value is -2.16. The summed E-state index contributed by atoms with van der Waals surface area (Å²) in [4.78, 5) is 2.16. The van der Waals surface area contributed by atoms with Crippen molar-refractivity contribution in [1.82, 2.24) is 0 Å². The molecule has 2 aromatic carbocycles. The number of fused-ring (bicyclic) bond motifs is 2. The van der Waals surface area contributed by atoms with Crippen molar-refractivity contribution < 1.29 is 10.2 Å². The monoisotopic (exact) mass is 561 g/mol. The minimum atomic E-state index is -0.117. The van der Waals surface area contributed by atoms with E-state index in [-0.39, 0.29) is 16.2 Å². The summed E-state index contributed by atoms with van der Waals surface area (Å²) < 4.78 is 0. The molecule has 3 nitrogen and oxygen atoms in total. The van der Waals surface area contributed by atoms with Crippen molar-refractivity contribution >= 4 is 5.69 Å². The van der Waals surface area contributed by atoms with E-state index in [2.05, 4.69) is 112 Å². The van der Waals surface area contributed by atoms with Gasteiger partial charge in [-0.25, -0.2) is 0 Å². The van der Waals surface area contributed by atoms with E-state index in [1.165, 1.54) is 36.1 Å². The lowest BCUT2D eigenvalue weighted by atomic mass is 9.62. The van der Waals surface area contributed by atoms with Gasteiger partial charge in [0.15, 0.2) is 0 Å². The SMILES string of the molecule is CCC1(c2cc(C(C)(C)C)cc(C(C)C)c2O)C[C@@H]2CC(CC(C)c3cc(N(C)C)cc(C(C)(C)C)c3O)[C@H](C2)C1. The lowest BCUT2D eigenvalue weighted by Gasteiger charge is -2.43. The summed E-state index contributed by atoms with van der Waals surface area (Å²) in [6.45, 7) is 22.5. The third-order valence-electron chi connectivity index (χ3n) is 10.8. The van der Waals surface area contributed by atoms with Crippen molar-refractivity contribution in [2.45, 2.75) is 136 Å². The maximum absolute atomic E-state index is 11.7. The van der Waals surface area contributed by atoms with Crippen LogP contribution in [0.25, 0.3) is 0 Å². The first-order chi connectivity index (χ1) is 18.9. The van der Waals surface area contributed by atoms with Gasteiger partial charge in [0.05, 0.1) is 0 Å². The lowest BCUT2D eigenvalue weighted by Crippen LogP contribution is -2.34. The molecule has 2 aromatic rings. The molecule has 2 fully saturated rings. The quantitative estimate of drug-likeness (QED) is 0.353. The highest BCUT2D eigenvalue weighted by Gasteiger charge is 2.49. The van der Waals surface area contributed by atoms with Gasteiger partial charge in [0.2, 0.25) is 0 Å². The molecule has 228 valence electrons. The highest BCUT2D eigenvalue weighted by atomic mass is 16.3. The van der Waals surface area contributed by atoms with Gasteiger partial charge in [-0.05, 0) is 113 Å². The number of phenolic OH excluding ortho intramolecular Hbond substituents is 2. The van der Waals surface area contributed by atoms with Crippen LogP contribution in [-0.2, 0) is 16.2 Å². The van der Waals surface area contributed by atoms with Crippen molar-refractivity contribution in [2.24, 2.45) is 17.8 Å². The second-order valence-electron chi connectivity index (χ2n) is 16.5. The number of hydrogen-bond donors (Lipinski definition) is 2. The number of anilines is 1. The van der Waals surface area contributed by atoms with E-state index in [0.717, 1.165) is 36.0 Å². The number of nitrogens with zero attached hydrogens (tertiary/aromatic N) is 1. The Bertz CT molecular complexity index is 1240. The Labute approximate surface area is 251 Å². The zero-order chi connectivity index (χ0) is 30.7. The third-order valence-corrected chi connectivity index (χ3v) is 10.8. The zero-order valence-corrected chi connectivity index (χ0v) is 28.3. The van der Waals surface area contributed by atoms with Crippen molar-refractivity contribution in [3.63, 3.8) is 0 Å². The molecule has 0 heterocycles. The van der Waals surface area contributed by atoms with Crippen LogP contribution in [0.5, 0.6) is 11.5 Å². The molecule has 0 aliphatic heterocycles. The predicted octanol–water partition coefficient (Wildman–Crippen LogP) is 10.2. The minimum absolute atomic E-state index is 0.0347. The molecular formula is C38H59NO2. The van der Waals surface area contributed by atoms with Crippen molar-refractivity contribution in [1.29, 1.82) is 0 Å². The van der Waals surface area contributed by atoms with Gasteiger partial charge in [0.1, 0.15) is 11.5 Å². The Morgan fingerprint density at radius 1 is 0.854 bits per heavy atom. The molecule has 0 spiro atoms. The Morgan fingerprint density at radius 2 is 1.51 bits per heavy atom. The fourth-order valence-corrected chi connectivity index (χ4v) is 8.24. The van der Waals surface area contributed by atoms with Crippen LogP contribution in [0.3, 0.4) is 0 Å². The summed E-state index contributed by atoms with van der Waals surface area (Å²) in [6.07, 6.45) is 7.11. The average molecular weight is 562 g/mol. The summed E-state index contributed by atoms with van der Waals surface area (Å²) in [5.41, 5.74) is 6.93. The second kappa shape index (κ2) is 11.2. The summed E-state index contributed by atoms with van der Waals surface area (Å²) >= 11 is 0. The van der Waals surface area contributed by atoms with Crippen LogP contribution < -0.4 is 4.90 Å². The third kappa shape index (κ3) is 6.16. The first kappa shape index (κ1) is 31.8. The van der Waals surface area contributed by atoms with Crippen LogP contribution in [-0.4, -0.2) is 24.3 Å². The van der Waals surface area contributed by atoms with Gasteiger partial charge >= 0.3 is 0 Å². The zero-order valence-electron chi connectivity index (χ0n) is 28.3. The summed E-state index contributed by atoms with van der Waals surface area (Å²) in [5.74, 6) is 3.66. The van der Waals surface area contributed by atoms with Crippen molar-refractivity contribution in [3.05, 3.63) is 52.1 Å². The lowest BCUT2D eigenvalue weighted by molar-refractivity contribution is 0.186. The van der Waals surface area contributed by atoms with E-state index in [1.54, 1.807) is 0 Å². The molecule has 2 N–H and O–H groups in total. The molecular weight excluding hydrogens is 502 g/mol. The first-order valence-electron chi connectivity index (χ1n) is 16.3. The van der Waals surface area contributed by atoms with Gasteiger partial charge < -0.3 is 15.1 Å². The molecule has 0 radical (unpaired) electrons. The van der Waals surface area contributed by atoms with Crippen LogP contribution in [0.15, 0.2) is 24.3 Å². The van der Waals surface area contributed by atoms with E-state index in [4.69, 9.17) is 0 Å². The van der Waals surface area contributed by atoms with E-state index in [1.807, 2.05) is 0 Å². The minimum Gasteiger partial charge on any atom is -0.507 e. The summed E-state index contributed by atoms with van der Waals surface area (Å²) in [6, 6.07) is 9.00. The topological polar surface area (TPSA) is 43.7 Å². The predicted molar refractivity (Wildman–Crippen MR) is 176 cm³/mol. The number of rotatable bonds is 7. The van der Waals surface area contributed by atoms with E-state index in [0.29, 0.717) is 41.1 Å². The fraction of sp³-hybridized carbons (Fsp3) is 0.684. The van der Waals surface area contributed by atoms with Crippen LogP contribution >= 0.6 is 0 Å². The highest BCUT2D eigenvalue weighted by molar-refractivity contribution is 5.59.